The Morgan fingerprint density at radius 3 is 2.19 bits per heavy atom. The van der Waals surface area contributed by atoms with E-state index >= 15 is 0 Å². The smallest absolute Gasteiger partial charge is 0.337 e. The third kappa shape index (κ3) is 4.92. The molecule has 0 fully saturated rings. The molecule has 0 heterocycles. The summed E-state index contributed by atoms with van der Waals surface area (Å²) < 4.78 is 15.8. The highest BCUT2D eigenvalue weighted by atomic mass is 35.5. The molecule has 8 heteroatoms. The summed E-state index contributed by atoms with van der Waals surface area (Å²) in [4.78, 5) is 23.4. The maximum absolute atomic E-state index is 12.2. The van der Waals surface area contributed by atoms with Gasteiger partial charge in [-0.15, -0.1) is 0 Å². The van der Waals surface area contributed by atoms with E-state index in [1.165, 1.54) is 51.7 Å². The number of aromatic carboxylic acids is 1. The Kier molecular flexibility index (Phi) is 6.67. The third-order valence-corrected chi connectivity index (χ3v) is 3.82. The number of rotatable bonds is 7. The fraction of sp³-hybridized carbons (Fsp3) is 0.158. The first-order valence-corrected chi connectivity index (χ1v) is 8.09. The molecule has 2 aromatic rings. The maximum Gasteiger partial charge on any atom is 0.337 e. The number of benzene rings is 2. The molecule has 0 radical (unpaired) electrons. The molecule has 0 aromatic heterocycles. The molecule has 27 heavy (non-hydrogen) atoms. The van der Waals surface area contributed by atoms with Gasteiger partial charge in [0.05, 0.1) is 32.6 Å². The van der Waals surface area contributed by atoms with E-state index in [2.05, 4.69) is 5.32 Å². The predicted octanol–water partition coefficient (Wildman–Crippen LogP) is 3.72. The number of carboxylic acids is 1. The van der Waals surface area contributed by atoms with Crippen LogP contribution in [0.4, 0.5) is 5.69 Å². The Bertz CT molecular complexity index is 869. The van der Waals surface area contributed by atoms with Crippen LogP contribution in [0.15, 0.2) is 36.4 Å². The van der Waals surface area contributed by atoms with Gasteiger partial charge in [0.2, 0.25) is 11.7 Å². The zero-order valence-corrected chi connectivity index (χ0v) is 15.7. The molecule has 0 aliphatic carbocycles. The zero-order valence-electron chi connectivity index (χ0n) is 14.9. The summed E-state index contributed by atoms with van der Waals surface area (Å²) in [6.07, 6.45) is 2.80. The minimum absolute atomic E-state index is 0.1000. The summed E-state index contributed by atoms with van der Waals surface area (Å²) in [5.41, 5.74) is 0.678. The number of hydrogen-bond acceptors (Lipinski definition) is 5. The molecule has 0 aliphatic rings. The van der Waals surface area contributed by atoms with Gasteiger partial charge in [-0.1, -0.05) is 11.6 Å². The first-order valence-electron chi connectivity index (χ1n) is 7.71. The predicted molar refractivity (Wildman–Crippen MR) is 102 cm³/mol. The van der Waals surface area contributed by atoms with Crippen LogP contribution in [0.3, 0.4) is 0 Å². The van der Waals surface area contributed by atoms with Crippen molar-refractivity contribution in [3.8, 4) is 17.2 Å². The fourth-order valence-electron chi connectivity index (χ4n) is 2.35. The quantitative estimate of drug-likeness (QED) is 0.698. The van der Waals surface area contributed by atoms with E-state index in [0.29, 0.717) is 22.8 Å². The Morgan fingerprint density at radius 1 is 1.04 bits per heavy atom. The lowest BCUT2D eigenvalue weighted by molar-refractivity contribution is -0.111. The van der Waals surface area contributed by atoms with Gasteiger partial charge in [-0.25, -0.2) is 4.79 Å². The highest BCUT2D eigenvalue weighted by Crippen LogP contribution is 2.38. The summed E-state index contributed by atoms with van der Waals surface area (Å²) in [7, 11) is 4.48. The van der Waals surface area contributed by atoms with Crippen LogP contribution in [0.2, 0.25) is 5.02 Å². The second-order valence-electron chi connectivity index (χ2n) is 5.28. The van der Waals surface area contributed by atoms with Gasteiger partial charge in [-0.3, -0.25) is 4.79 Å². The molecule has 142 valence electrons. The van der Waals surface area contributed by atoms with E-state index in [-0.39, 0.29) is 16.3 Å². The van der Waals surface area contributed by atoms with Gasteiger partial charge in [0.1, 0.15) is 0 Å². The average Bonchev–Trinajstić information content (AvgIpc) is 2.66. The molecular formula is C19H18ClNO6. The van der Waals surface area contributed by atoms with Gasteiger partial charge in [0, 0.05) is 11.1 Å². The van der Waals surface area contributed by atoms with Crippen LogP contribution in [-0.2, 0) is 4.79 Å². The van der Waals surface area contributed by atoms with E-state index in [0.717, 1.165) is 0 Å². The molecule has 2 rings (SSSR count). The van der Waals surface area contributed by atoms with Crippen molar-refractivity contribution < 1.29 is 28.9 Å². The Labute approximate surface area is 161 Å². The lowest BCUT2D eigenvalue weighted by Crippen LogP contribution is -2.12. The largest absolute Gasteiger partial charge is 0.493 e. The van der Waals surface area contributed by atoms with Crippen LogP contribution in [0, 0.1) is 0 Å². The highest BCUT2D eigenvalue weighted by molar-refractivity contribution is 6.31. The summed E-state index contributed by atoms with van der Waals surface area (Å²) >= 11 is 5.80. The summed E-state index contributed by atoms with van der Waals surface area (Å²) in [5.74, 6) is -0.366. The van der Waals surface area contributed by atoms with Crippen molar-refractivity contribution in [2.75, 3.05) is 26.6 Å². The number of methoxy groups -OCH3 is 3. The van der Waals surface area contributed by atoms with E-state index in [4.69, 9.17) is 25.8 Å². The molecule has 0 bridgehead atoms. The SMILES string of the molecule is COc1cc(/C=C/C(=O)Nc2ccc(Cl)cc2C(=O)O)cc(OC)c1OC. The molecule has 2 N–H and O–H groups in total. The summed E-state index contributed by atoms with van der Waals surface area (Å²) in [6.45, 7) is 0. The maximum atomic E-state index is 12.2. The van der Waals surface area contributed by atoms with Crippen LogP contribution in [0.25, 0.3) is 6.08 Å². The molecule has 0 unspecified atom stereocenters. The second-order valence-corrected chi connectivity index (χ2v) is 5.71. The number of hydrogen-bond donors (Lipinski definition) is 2. The van der Waals surface area contributed by atoms with Gasteiger partial charge in [-0.2, -0.15) is 0 Å². The lowest BCUT2D eigenvalue weighted by atomic mass is 10.1. The van der Waals surface area contributed by atoms with Crippen molar-refractivity contribution in [3.63, 3.8) is 0 Å². The van der Waals surface area contributed by atoms with E-state index < -0.39 is 11.9 Å². The molecule has 2 aromatic carbocycles. The number of nitrogens with one attached hydrogen (secondary N) is 1. The molecule has 0 saturated heterocycles. The number of halogens is 1. The second kappa shape index (κ2) is 8.95. The van der Waals surface area contributed by atoms with Gasteiger partial charge in [-0.05, 0) is 42.0 Å². The van der Waals surface area contributed by atoms with E-state index in [1.807, 2.05) is 0 Å². The molecule has 0 saturated carbocycles. The minimum atomic E-state index is -1.19. The zero-order chi connectivity index (χ0) is 20.0. The van der Waals surface area contributed by atoms with Gasteiger partial charge < -0.3 is 24.6 Å². The molecule has 0 atom stereocenters. The molecule has 0 spiro atoms. The van der Waals surface area contributed by atoms with Crippen molar-refractivity contribution in [1.82, 2.24) is 0 Å². The van der Waals surface area contributed by atoms with Gasteiger partial charge in [0.25, 0.3) is 0 Å². The Hall–Kier alpha value is -3.19. The average molecular weight is 392 g/mol. The molecule has 1 amide bonds. The number of ether oxygens (including phenoxy) is 3. The van der Waals surface area contributed by atoms with Gasteiger partial charge >= 0.3 is 5.97 Å². The van der Waals surface area contributed by atoms with Crippen molar-refractivity contribution in [2.24, 2.45) is 0 Å². The Balaban J connectivity index is 2.24. The topological polar surface area (TPSA) is 94.1 Å². The normalized spacial score (nSPS) is 10.5. The van der Waals surface area contributed by atoms with E-state index in [1.54, 1.807) is 12.1 Å². The van der Waals surface area contributed by atoms with Crippen LogP contribution in [-0.4, -0.2) is 38.3 Å². The van der Waals surface area contributed by atoms with Crippen molar-refractivity contribution >= 4 is 35.2 Å². The highest BCUT2D eigenvalue weighted by Gasteiger charge is 2.14. The number of anilines is 1. The summed E-state index contributed by atoms with van der Waals surface area (Å²) in [6, 6.07) is 7.54. The first-order chi connectivity index (χ1) is 12.9. The number of carboxylic acid groups (broad SMARTS) is 1. The minimum Gasteiger partial charge on any atom is -0.493 e. The third-order valence-electron chi connectivity index (χ3n) is 3.58. The monoisotopic (exact) mass is 391 g/mol. The van der Waals surface area contributed by atoms with Crippen molar-refractivity contribution in [1.29, 1.82) is 0 Å². The van der Waals surface area contributed by atoms with Crippen LogP contribution in [0.1, 0.15) is 15.9 Å². The van der Waals surface area contributed by atoms with Crippen LogP contribution in [0.5, 0.6) is 17.2 Å². The molecule has 7 nitrogen and oxygen atoms in total. The van der Waals surface area contributed by atoms with E-state index in [9.17, 15) is 14.7 Å². The van der Waals surface area contributed by atoms with Gasteiger partial charge in [0.15, 0.2) is 11.5 Å². The van der Waals surface area contributed by atoms with Crippen LogP contribution >= 0.6 is 11.6 Å². The number of carbonyl (C=O) groups excluding carboxylic acids is 1. The standard InChI is InChI=1S/C19H18ClNO6/c1-25-15-8-11(9-16(26-2)18(15)27-3)4-7-17(22)21-14-6-5-12(20)10-13(14)19(23)24/h4-10H,1-3H3,(H,21,22)(H,23,24)/b7-4+. The number of amides is 1. The fourth-order valence-corrected chi connectivity index (χ4v) is 2.52. The lowest BCUT2D eigenvalue weighted by Gasteiger charge is -2.12. The number of carbonyl (C=O) groups is 2. The molecule has 0 aliphatic heterocycles. The first kappa shape index (κ1) is 20.1. The Morgan fingerprint density at radius 2 is 1.67 bits per heavy atom. The summed E-state index contributed by atoms with van der Waals surface area (Å²) in [5, 5.41) is 12.0. The molecular weight excluding hydrogens is 374 g/mol. The van der Waals surface area contributed by atoms with Crippen LogP contribution < -0.4 is 19.5 Å². The van der Waals surface area contributed by atoms with Crippen molar-refractivity contribution in [2.45, 2.75) is 0 Å². The van der Waals surface area contributed by atoms with Crippen molar-refractivity contribution in [3.05, 3.63) is 52.6 Å².